The highest BCUT2D eigenvalue weighted by atomic mass is 32.2. The Morgan fingerprint density at radius 2 is 2.04 bits per heavy atom. The molecule has 0 aliphatic carbocycles. The summed E-state index contributed by atoms with van der Waals surface area (Å²) in [5, 5.41) is 14.6. The van der Waals surface area contributed by atoms with Gasteiger partial charge in [-0.3, -0.25) is 0 Å². The van der Waals surface area contributed by atoms with Crippen molar-refractivity contribution in [3.63, 3.8) is 0 Å². The van der Waals surface area contributed by atoms with E-state index in [9.17, 15) is 13.5 Å². The summed E-state index contributed by atoms with van der Waals surface area (Å²) in [4.78, 5) is 0. The maximum atomic E-state index is 12.3. The Hall–Kier alpha value is -1.43. The quantitative estimate of drug-likeness (QED) is 0.708. The van der Waals surface area contributed by atoms with Gasteiger partial charge in [0.15, 0.2) is 9.96 Å². The van der Waals surface area contributed by atoms with Gasteiger partial charge in [-0.15, -0.1) is 15.7 Å². The molecule has 0 spiro atoms. The highest BCUT2D eigenvalue weighted by Crippen LogP contribution is 2.40. The van der Waals surface area contributed by atoms with Gasteiger partial charge < -0.3 is 15.2 Å². The van der Waals surface area contributed by atoms with Crippen molar-refractivity contribution in [2.24, 2.45) is 0 Å². The van der Waals surface area contributed by atoms with Gasteiger partial charge in [-0.1, -0.05) is 0 Å². The third kappa shape index (κ3) is 4.31. The Morgan fingerprint density at radius 1 is 1.35 bits per heavy atom. The van der Waals surface area contributed by atoms with Gasteiger partial charge in [0.05, 0.1) is 24.0 Å². The van der Waals surface area contributed by atoms with Gasteiger partial charge in [0.1, 0.15) is 0 Å². The van der Waals surface area contributed by atoms with Gasteiger partial charge in [0.2, 0.25) is 5.82 Å². The van der Waals surface area contributed by atoms with E-state index in [0.717, 1.165) is 23.1 Å². The van der Waals surface area contributed by atoms with Gasteiger partial charge in [0, 0.05) is 10.9 Å². The molecule has 2 heterocycles. The summed E-state index contributed by atoms with van der Waals surface area (Å²) < 4.78 is 40.3. The van der Waals surface area contributed by atoms with E-state index >= 15 is 0 Å². The van der Waals surface area contributed by atoms with E-state index in [1.165, 1.54) is 5.38 Å². The molecule has 2 rings (SSSR count). The highest BCUT2D eigenvalue weighted by Gasteiger charge is 2.28. The number of anilines is 2. The second-order valence-corrected chi connectivity index (χ2v) is 8.90. The first-order valence-electron chi connectivity index (χ1n) is 6.71. The smallest absolute Gasteiger partial charge is 0.271 e. The maximum absolute atomic E-state index is 12.3. The lowest BCUT2D eigenvalue weighted by Gasteiger charge is -2.19. The van der Waals surface area contributed by atoms with E-state index in [1.54, 1.807) is 20.8 Å². The Labute approximate surface area is 142 Å². The number of rotatable bonds is 6. The number of aromatic hydroxyl groups is 1. The summed E-state index contributed by atoms with van der Waals surface area (Å²) in [7, 11) is -3.81. The maximum Gasteiger partial charge on any atom is 0.271 e. The van der Waals surface area contributed by atoms with Crippen LogP contribution in [0.2, 0.25) is 0 Å². The average Bonchev–Trinajstić information content (AvgIpc) is 2.96. The lowest BCUT2D eigenvalue weighted by Crippen LogP contribution is -2.40. The van der Waals surface area contributed by atoms with Crippen molar-refractivity contribution in [1.29, 1.82) is 0 Å². The summed E-state index contributed by atoms with van der Waals surface area (Å²) in [6.07, 6.45) is 0. The Bertz CT molecular complexity index is 777. The largest absolute Gasteiger partial charge is 0.504 e. The van der Waals surface area contributed by atoms with E-state index in [0.29, 0.717) is 18.3 Å². The number of sulfonamides is 1. The minimum atomic E-state index is -3.81. The molecule has 0 fully saturated rings. The predicted molar refractivity (Wildman–Crippen MR) is 90.4 cm³/mol. The fraction of sp³-hybridized carbons (Fsp3) is 0.500. The molecule has 0 aromatic carbocycles. The number of aromatic nitrogens is 2. The molecule has 11 heteroatoms. The van der Waals surface area contributed by atoms with Gasteiger partial charge in [-0.05, 0) is 27.7 Å². The van der Waals surface area contributed by atoms with Crippen molar-refractivity contribution in [1.82, 2.24) is 13.5 Å². The van der Waals surface area contributed by atoms with Crippen LogP contribution in [0.3, 0.4) is 0 Å². The first kappa shape index (κ1) is 17.9. The van der Waals surface area contributed by atoms with Crippen LogP contribution in [0.1, 0.15) is 27.7 Å². The van der Waals surface area contributed by atoms with Crippen LogP contribution in [0.4, 0.5) is 11.5 Å². The number of nitrogens with one attached hydrogen (secondary N) is 2. The highest BCUT2D eigenvalue weighted by molar-refractivity contribution is 7.91. The summed E-state index contributed by atoms with van der Waals surface area (Å²) >= 11 is 1.87. The Balaban J connectivity index is 2.28. The zero-order valence-corrected chi connectivity index (χ0v) is 15.5. The summed E-state index contributed by atoms with van der Waals surface area (Å²) in [5.41, 5.74) is -0.415. The molecule has 0 aliphatic rings. The standard InChI is InChI=1S/C12H18N4O4S3/c1-5-20-10-9(14-22-15-10)13-7-6-21-11(8(7)17)23(18,19)16-12(2,3)4/h6,16-17H,5H2,1-4H3,(H,13,14). The minimum absolute atomic E-state index is 0.156. The topological polar surface area (TPSA) is 113 Å². The third-order valence-corrected chi connectivity index (χ3v) is 6.19. The van der Waals surface area contributed by atoms with Crippen LogP contribution < -0.4 is 14.8 Å². The van der Waals surface area contributed by atoms with Crippen LogP contribution in [-0.4, -0.2) is 34.4 Å². The molecule has 128 valence electrons. The Morgan fingerprint density at radius 3 is 2.65 bits per heavy atom. The molecule has 0 atom stereocenters. The summed E-state index contributed by atoms with van der Waals surface area (Å²) in [5.74, 6) is 0.278. The van der Waals surface area contributed by atoms with E-state index in [4.69, 9.17) is 4.74 Å². The number of hydrogen-bond acceptors (Lipinski definition) is 9. The Kier molecular flexibility index (Phi) is 5.14. The second kappa shape index (κ2) is 6.59. The minimum Gasteiger partial charge on any atom is -0.504 e. The third-order valence-electron chi connectivity index (χ3n) is 2.41. The van der Waals surface area contributed by atoms with Crippen LogP contribution in [0.15, 0.2) is 9.59 Å². The van der Waals surface area contributed by atoms with Crippen LogP contribution >= 0.6 is 23.1 Å². The normalized spacial score (nSPS) is 12.3. The number of ether oxygens (including phenoxy) is 1. The van der Waals surface area contributed by atoms with Crippen molar-refractivity contribution in [2.75, 3.05) is 11.9 Å². The molecule has 0 saturated heterocycles. The zero-order chi connectivity index (χ0) is 17.3. The van der Waals surface area contributed by atoms with E-state index in [1.807, 2.05) is 6.92 Å². The van der Waals surface area contributed by atoms with Gasteiger partial charge in [-0.2, -0.15) is 4.37 Å². The van der Waals surface area contributed by atoms with Gasteiger partial charge in [0.25, 0.3) is 15.9 Å². The molecule has 8 nitrogen and oxygen atoms in total. The molecule has 0 unspecified atom stereocenters. The van der Waals surface area contributed by atoms with Crippen LogP contribution in [0, 0.1) is 0 Å². The fourth-order valence-electron chi connectivity index (χ4n) is 1.68. The predicted octanol–water partition coefficient (Wildman–Crippen LogP) is 2.52. The molecule has 0 bridgehead atoms. The van der Waals surface area contributed by atoms with Gasteiger partial charge >= 0.3 is 0 Å². The molecular weight excluding hydrogens is 360 g/mol. The van der Waals surface area contributed by atoms with Crippen molar-refractivity contribution in [3.8, 4) is 11.6 Å². The number of nitrogens with zero attached hydrogens (tertiary/aromatic N) is 2. The van der Waals surface area contributed by atoms with E-state index in [-0.39, 0.29) is 15.6 Å². The summed E-state index contributed by atoms with van der Waals surface area (Å²) in [6.45, 7) is 7.41. The molecule has 0 amide bonds. The zero-order valence-electron chi connectivity index (χ0n) is 13.1. The van der Waals surface area contributed by atoms with Crippen molar-refractivity contribution in [2.45, 2.75) is 37.4 Å². The first-order valence-corrected chi connectivity index (χ1v) is 9.80. The molecule has 0 saturated carbocycles. The molecule has 2 aromatic rings. The number of hydrogen-bond donors (Lipinski definition) is 3. The summed E-state index contributed by atoms with van der Waals surface area (Å²) in [6, 6.07) is 0. The van der Waals surface area contributed by atoms with Crippen LogP contribution in [-0.2, 0) is 10.0 Å². The number of thiophene rings is 1. The van der Waals surface area contributed by atoms with E-state index in [2.05, 4.69) is 18.8 Å². The lowest BCUT2D eigenvalue weighted by molar-refractivity contribution is 0.331. The molecule has 23 heavy (non-hydrogen) atoms. The average molecular weight is 379 g/mol. The van der Waals surface area contributed by atoms with Crippen LogP contribution in [0.25, 0.3) is 0 Å². The molecule has 3 N–H and O–H groups in total. The monoisotopic (exact) mass is 378 g/mol. The lowest BCUT2D eigenvalue weighted by atomic mass is 10.1. The second-order valence-electron chi connectivity index (χ2n) is 5.62. The van der Waals surface area contributed by atoms with Crippen molar-refractivity contribution >= 4 is 44.6 Å². The van der Waals surface area contributed by atoms with Crippen molar-refractivity contribution in [3.05, 3.63) is 5.38 Å². The molecule has 0 radical (unpaired) electrons. The fourth-order valence-corrected chi connectivity index (χ4v) is 4.79. The van der Waals surface area contributed by atoms with Gasteiger partial charge in [-0.25, -0.2) is 13.1 Å². The molecular formula is C12H18N4O4S3. The SMILES string of the molecule is CCOc1nsnc1Nc1csc(S(=O)(=O)NC(C)(C)C)c1O. The first-order chi connectivity index (χ1) is 10.6. The molecule has 2 aromatic heterocycles. The molecule has 0 aliphatic heterocycles. The van der Waals surface area contributed by atoms with Crippen LogP contribution in [0.5, 0.6) is 11.6 Å². The van der Waals surface area contributed by atoms with E-state index < -0.39 is 15.6 Å². The van der Waals surface area contributed by atoms with Crippen molar-refractivity contribution < 1.29 is 18.3 Å².